The second-order valence-electron chi connectivity index (χ2n) is 18.3. The highest BCUT2D eigenvalue weighted by Gasteiger charge is 2.48. The maximum absolute atomic E-state index is 14.2. The molecule has 2 atom stereocenters. The second-order valence-corrected chi connectivity index (χ2v) is 23.7. The smallest absolute Gasteiger partial charge is 0.380 e. The fraction of sp³-hybridized carbons (Fsp3) is 0.449. The first-order valence-electron chi connectivity index (χ1n) is 22.3. The number of rotatable bonds is 17. The van der Waals surface area contributed by atoms with Crippen molar-refractivity contribution in [1.82, 2.24) is 9.80 Å². The molecule has 3 aliphatic rings. The Hall–Kier alpha value is -3.90. The number of nitrogens with zero attached hydrogens (tertiary/aromatic N) is 3. The normalized spacial score (nSPS) is 19.4. The van der Waals surface area contributed by atoms with Crippen LogP contribution in [0.3, 0.4) is 0 Å². The maximum atomic E-state index is 14.2. The molecular formula is C49H58ClF3N4O6S3. The van der Waals surface area contributed by atoms with Gasteiger partial charge in [0.05, 0.1) is 23.3 Å². The van der Waals surface area contributed by atoms with E-state index >= 15 is 0 Å². The Morgan fingerprint density at radius 2 is 1.61 bits per heavy atom. The van der Waals surface area contributed by atoms with Gasteiger partial charge in [-0.3, -0.25) is 14.6 Å². The number of ketones is 1. The molecule has 0 saturated carbocycles. The van der Waals surface area contributed by atoms with Gasteiger partial charge in [0, 0.05) is 85.3 Å². The summed E-state index contributed by atoms with van der Waals surface area (Å²) >= 11 is 7.65. The van der Waals surface area contributed by atoms with E-state index in [2.05, 4.69) is 46.0 Å². The van der Waals surface area contributed by atoms with E-state index in [9.17, 15) is 34.8 Å². The molecule has 2 fully saturated rings. The van der Waals surface area contributed by atoms with E-state index in [1.54, 1.807) is 24.3 Å². The molecule has 17 heteroatoms. The first-order chi connectivity index (χ1) is 31.3. The minimum absolute atomic E-state index is 0.0132. The van der Waals surface area contributed by atoms with Crippen LogP contribution in [-0.4, -0.2) is 121 Å². The van der Waals surface area contributed by atoms with Crippen molar-refractivity contribution in [2.45, 2.75) is 78.8 Å². The van der Waals surface area contributed by atoms with Crippen molar-refractivity contribution in [1.29, 1.82) is 0 Å². The van der Waals surface area contributed by atoms with Gasteiger partial charge in [0.1, 0.15) is 10.6 Å². The summed E-state index contributed by atoms with van der Waals surface area (Å²) in [5.74, 6) is -1.46. The topological polar surface area (TPSA) is 116 Å². The van der Waals surface area contributed by atoms with Gasteiger partial charge < -0.3 is 15.0 Å². The third-order valence-electron chi connectivity index (χ3n) is 12.6. The van der Waals surface area contributed by atoms with E-state index in [-0.39, 0.29) is 22.8 Å². The molecule has 0 amide bonds. The number of morpholine rings is 1. The van der Waals surface area contributed by atoms with E-state index < -0.39 is 52.6 Å². The number of hydrogen-bond acceptors (Lipinski definition) is 11. The molecule has 2 saturated heterocycles. The summed E-state index contributed by atoms with van der Waals surface area (Å²) in [6, 6.07) is 26.2. The fourth-order valence-corrected chi connectivity index (χ4v) is 12.3. The molecule has 1 N–H and O–H groups in total. The lowest BCUT2D eigenvalue weighted by atomic mass is 9.73. The Morgan fingerprint density at radius 3 is 2.27 bits per heavy atom. The van der Waals surface area contributed by atoms with E-state index in [1.165, 1.54) is 28.5 Å². The van der Waals surface area contributed by atoms with Crippen molar-refractivity contribution in [2.75, 3.05) is 80.7 Å². The summed E-state index contributed by atoms with van der Waals surface area (Å²) < 4.78 is 102. The Balaban J connectivity index is 1.02. The number of anilines is 2. The minimum atomic E-state index is -6.03. The quantitative estimate of drug-likeness (QED) is 0.0806. The van der Waals surface area contributed by atoms with Crippen molar-refractivity contribution in [3.8, 4) is 0 Å². The van der Waals surface area contributed by atoms with E-state index in [0.29, 0.717) is 44.5 Å². The molecule has 0 aromatic heterocycles. The molecular weight excluding hydrogens is 929 g/mol. The molecule has 7 rings (SSSR count). The lowest BCUT2D eigenvalue weighted by Crippen LogP contribution is -2.47. The molecule has 4 aromatic rings. The van der Waals surface area contributed by atoms with Gasteiger partial charge in [-0.15, -0.1) is 11.8 Å². The first kappa shape index (κ1) is 50.0. The molecule has 0 bridgehead atoms. The number of carbonyl (C=O) groups is 1. The monoisotopic (exact) mass is 986 g/mol. The SMILES string of the molecule is CC1CN(CC[C@H](CSc2ccccc2)Nc2ccc(S(=O)(=O)CC(=O)c3ccc(N4CCN(CC5=C(c6ccc(Cl)cc6)CCC(C)(C)C5)CC4)cc3)cc2S(=O)(=O)C(F)(F)F)CCO1. The van der Waals surface area contributed by atoms with Gasteiger partial charge in [-0.25, -0.2) is 16.8 Å². The summed E-state index contributed by atoms with van der Waals surface area (Å²) in [7, 11) is -10.6. The van der Waals surface area contributed by atoms with Gasteiger partial charge in [0.25, 0.3) is 9.84 Å². The average Bonchev–Trinajstić information content (AvgIpc) is 3.27. The highest BCUT2D eigenvalue weighted by atomic mass is 35.5. The summed E-state index contributed by atoms with van der Waals surface area (Å²) in [5.41, 5.74) is -0.812. The molecule has 1 aliphatic carbocycles. The molecule has 0 radical (unpaired) electrons. The van der Waals surface area contributed by atoms with Crippen LogP contribution >= 0.6 is 23.4 Å². The van der Waals surface area contributed by atoms with Crippen LogP contribution in [0.1, 0.15) is 62.4 Å². The summed E-state index contributed by atoms with van der Waals surface area (Å²) in [6.07, 6.45) is 3.63. The minimum Gasteiger partial charge on any atom is -0.380 e. The van der Waals surface area contributed by atoms with Gasteiger partial charge in [0.15, 0.2) is 15.6 Å². The van der Waals surface area contributed by atoms with Gasteiger partial charge in [-0.05, 0) is 116 Å². The zero-order valence-electron chi connectivity index (χ0n) is 37.5. The van der Waals surface area contributed by atoms with Gasteiger partial charge >= 0.3 is 5.51 Å². The van der Waals surface area contributed by atoms with Gasteiger partial charge in [0.2, 0.25) is 0 Å². The number of thioether (sulfide) groups is 1. The number of benzene rings is 4. The molecule has 2 heterocycles. The highest BCUT2D eigenvalue weighted by molar-refractivity contribution is 7.99. The van der Waals surface area contributed by atoms with Crippen molar-refractivity contribution in [2.24, 2.45) is 5.41 Å². The van der Waals surface area contributed by atoms with Crippen molar-refractivity contribution in [3.63, 3.8) is 0 Å². The number of carbonyl (C=O) groups excluding carboxylic acids is 1. The fourth-order valence-electron chi connectivity index (χ4n) is 8.92. The molecule has 2 aliphatic heterocycles. The molecule has 356 valence electrons. The standard InChI is InChI=1S/C49H58ClF3N4O6S3/c1-35-31-55(27-28-63-35)22-20-40(33-64-42-7-5-4-6-8-42)54-45-18-17-43(29-47(45)66(61,62)49(51,52)53)65(59,60)34-46(58)37-11-15-41(16-12-37)57-25-23-56(24-26-57)32-38-30-48(2,3)21-19-44(38)36-9-13-39(50)14-10-36/h4-18,29,35,40,54H,19-28,30-34H2,1-3H3/t35?,40-/m1/s1. The molecule has 66 heavy (non-hydrogen) atoms. The number of hydrogen-bond donors (Lipinski definition) is 1. The predicted octanol–water partition coefficient (Wildman–Crippen LogP) is 9.76. The number of piperazine rings is 1. The van der Waals surface area contributed by atoms with Crippen molar-refractivity contribution in [3.05, 3.63) is 119 Å². The summed E-state index contributed by atoms with van der Waals surface area (Å²) in [5, 5.41) is 3.74. The number of ether oxygens (including phenoxy) is 1. The lowest BCUT2D eigenvalue weighted by molar-refractivity contribution is -0.0435. The Morgan fingerprint density at radius 1 is 0.909 bits per heavy atom. The zero-order chi connectivity index (χ0) is 47.3. The second kappa shape index (κ2) is 21.2. The van der Waals surface area contributed by atoms with Gasteiger partial charge in [-0.2, -0.15) is 13.2 Å². The summed E-state index contributed by atoms with van der Waals surface area (Å²) in [6.45, 7) is 13.1. The van der Waals surface area contributed by atoms with E-state index in [1.807, 2.05) is 49.4 Å². The third kappa shape index (κ3) is 12.8. The van der Waals surface area contributed by atoms with Gasteiger partial charge in [-0.1, -0.05) is 61.4 Å². The van der Waals surface area contributed by atoms with Crippen LogP contribution in [0.15, 0.2) is 117 Å². The lowest BCUT2D eigenvalue weighted by Gasteiger charge is -2.39. The van der Waals surface area contributed by atoms with Crippen LogP contribution in [0.4, 0.5) is 24.5 Å². The number of nitrogens with one attached hydrogen (secondary N) is 1. The Bertz CT molecular complexity index is 2570. The number of halogens is 4. The largest absolute Gasteiger partial charge is 0.501 e. The molecule has 4 aromatic carbocycles. The Kier molecular flexibility index (Phi) is 16.0. The number of Topliss-reactive ketones (excluding diaryl/α,β-unsaturated/α-hetero) is 1. The van der Waals surface area contributed by atoms with Crippen LogP contribution in [0.25, 0.3) is 5.57 Å². The number of sulfone groups is 2. The van der Waals surface area contributed by atoms with E-state index in [4.69, 9.17) is 16.3 Å². The molecule has 1 unspecified atom stereocenters. The number of allylic oxidation sites excluding steroid dienone is 1. The van der Waals surface area contributed by atoms with Crippen LogP contribution in [0, 0.1) is 5.41 Å². The third-order valence-corrected chi connectivity index (χ3v) is 17.2. The van der Waals surface area contributed by atoms with Crippen molar-refractivity contribution < 1.29 is 39.5 Å². The van der Waals surface area contributed by atoms with Crippen LogP contribution in [0.5, 0.6) is 0 Å². The summed E-state index contributed by atoms with van der Waals surface area (Å²) in [4.78, 5) is 19.3. The molecule has 0 spiro atoms. The van der Waals surface area contributed by atoms with Crippen LogP contribution < -0.4 is 10.2 Å². The average molecular weight is 988 g/mol. The predicted molar refractivity (Wildman–Crippen MR) is 258 cm³/mol. The van der Waals surface area contributed by atoms with Crippen LogP contribution in [-0.2, 0) is 24.4 Å². The highest BCUT2D eigenvalue weighted by Crippen LogP contribution is 2.43. The maximum Gasteiger partial charge on any atom is 0.501 e. The van der Waals surface area contributed by atoms with Crippen LogP contribution in [0.2, 0.25) is 5.02 Å². The zero-order valence-corrected chi connectivity index (χ0v) is 40.7. The first-order valence-corrected chi connectivity index (χ1v) is 26.8. The Labute approximate surface area is 396 Å². The van der Waals surface area contributed by atoms with E-state index in [0.717, 1.165) is 79.7 Å². The van der Waals surface area contributed by atoms with Crippen molar-refractivity contribution >= 4 is 65.8 Å². The molecule has 10 nitrogen and oxygen atoms in total. The number of alkyl halides is 3.